The molecule has 3 heteroatoms. The highest BCUT2D eigenvalue weighted by Crippen LogP contribution is 2.45. The molecule has 1 saturated carbocycles. The van der Waals surface area contributed by atoms with Gasteiger partial charge in [-0.2, -0.15) is 0 Å². The first kappa shape index (κ1) is 11.4. The van der Waals surface area contributed by atoms with Crippen LogP contribution in [0.3, 0.4) is 0 Å². The van der Waals surface area contributed by atoms with Gasteiger partial charge in [0.1, 0.15) is 0 Å². The predicted octanol–water partition coefficient (Wildman–Crippen LogP) is 2.84. The quantitative estimate of drug-likeness (QED) is 0.837. The second kappa shape index (κ2) is 4.06. The lowest BCUT2D eigenvalue weighted by atomic mass is 9.84. The number of rotatable bonds is 2. The van der Waals surface area contributed by atoms with Crippen molar-refractivity contribution in [3.8, 4) is 5.75 Å². The minimum absolute atomic E-state index is 0.0918. The van der Waals surface area contributed by atoms with E-state index < -0.39 is 11.4 Å². The van der Waals surface area contributed by atoms with E-state index in [1.165, 1.54) is 7.11 Å². The van der Waals surface area contributed by atoms with Crippen molar-refractivity contribution >= 4 is 0 Å². The number of aliphatic hydroxyl groups is 1. The van der Waals surface area contributed by atoms with Crippen molar-refractivity contribution < 1.29 is 14.2 Å². The molecular formula is C13H17FO2. The normalized spacial score (nSPS) is 29.4. The van der Waals surface area contributed by atoms with Gasteiger partial charge in [-0.3, -0.25) is 0 Å². The molecule has 2 rings (SSSR count). The Labute approximate surface area is 95.1 Å². The number of hydrogen-bond donors (Lipinski definition) is 1. The van der Waals surface area contributed by atoms with E-state index in [0.717, 1.165) is 12.8 Å². The number of benzene rings is 1. The van der Waals surface area contributed by atoms with Gasteiger partial charge in [0.05, 0.1) is 12.7 Å². The van der Waals surface area contributed by atoms with Gasteiger partial charge in [0.25, 0.3) is 0 Å². The maximum absolute atomic E-state index is 14.1. The Hall–Kier alpha value is -1.09. The van der Waals surface area contributed by atoms with Crippen molar-refractivity contribution in [1.82, 2.24) is 0 Å². The predicted molar refractivity (Wildman–Crippen MR) is 59.9 cm³/mol. The molecule has 1 N–H and O–H groups in total. The molecule has 88 valence electrons. The van der Waals surface area contributed by atoms with Crippen LogP contribution in [0.1, 0.15) is 31.7 Å². The second-order valence-electron chi connectivity index (χ2n) is 4.54. The van der Waals surface area contributed by atoms with Crippen LogP contribution >= 0.6 is 0 Å². The zero-order valence-corrected chi connectivity index (χ0v) is 9.66. The van der Waals surface area contributed by atoms with Crippen LogP contribution in [-0.4, -0.2) is 12.2 Å². The highest BCUT2D eigenvalue weighted by Gasteiger charge is 2.42. The van der Waals surface area contributed by atoms with Gasteiger partial charge >= 0.3 is 0 Å². The molecule has 1 aromatic carbocycles. The summed E-state index contributed by atoms with van der Waals surface area (Å²) in [6.45, 7) is 1.96. The zero-order valence-electron chi connectivity index (χ0n) is 9.66. The first-order chi connectivity index (χ1) is 7.59. The molecule has 0 aromatic heterocycles. The first-order valence-electron chi connectivity index (χ1n) is 5.65. The molecule has 0 heterocycles. The molecule has 2 unspecified atom stereocenters. The summed E-state index contributed by atoms with van der Waals surface area (Å²) in [5, 5.41) is 10.5. The zero-order chi connectivity index (χ0) is 11.8. The van der Waals surface area contributed by atoms with Crippen molar-refractivity contribution in [1.29, 1.82) is 0 Å². The largest absolute Gasteiger partial charge is 0.494 e. The van der Waals surface area contributed by atoms with Gasteiger partial charge in [0.15, 0.2) is 11.6 Å². The maximum atomic E-state index is 14.1. The van der Waals surface area contributed by atoms with Gasteiger partial charge in [-0.05, 0) is 31.2 Å². The van der Waals surface area contributed by atoms with Crippen LogP contribution in [0.25, 0.3) is 0 Å². The third-order valence-corrected chi connectivity index (χ3v) is 3.66. The molecule has 0 bridgehead atoms. The topological polar surface area (TPSA) is 29.5 Å². The Morgan fingerprint density at radius 2 is 2.25 bits per heavy atom. The molecular weight excluding hydrogens is 207 g/mol. The highest BCUT2D eigenvalue weighted by molar-refractivity contribution is 5.35. The summed E-state index contributed by atoms with van der Waals surface area (Å²) in [5.74, 6) is -0.139. The standard InChI is InChI=1S/C13H17FO2/c1-9-5-4-8-13(9,15)10-6-3-7-11(16-2)12(10)14/h3,6-7,9,15H,4-5,8H2,1-2H3. The van der Waals surface area contributed by atoms with Gasteiger partial charge in [0.2, 0.25) is 0 Å². The molecule has 1 aliphatic carbocycles. The van der Waals surface area contributed by atoms with Crippen LogP contribution in [0, 0.1) is 11.7 Å². The molecule has 0 saturated heterocycles. The van der Waals surface area contributed by atoms with Crippen molar-refractivity contribution in [3.63, 3.8) is 0 Å². The van der Waals surface area contributed by atoms with Gasteiger partial charge in [-0.1, -0.05) is 19.1 Å². The van der Waals surface area contributed by atoms with Crippen LogP contribution < -0.4 is 4.74 Å². The monoisotopic (exact) mass is 224 g/mol. The third-order valence-electron chi connectivity index (χ3n) is 3.66. The molecule has 0 amide bonds. The van der Waals surface area contributed by atoms with Crippen molar-refractivity contribution in [2.24, 2.45) is 5.92 Å². The number of methoxy groups -OCH3 is 1. The van der Waals surface area contributed by atoms with Crippen LogP contribution in [-0.2, 0) is 5.60 Å². The van der Waals surface area contributed by atoms with Gasteiger partial charge < -0.3 is 9.84 Å². The number of halogens is 1. The summed E-state index contributed by atoms with van der Waals surface area (Å²) in [5.41, 5.74) is -0.657. The van der Waals surface area contributed by atoms with Crippen LogP contribution in [0.5, 0.6) is 5.75 Å². The molecule has 2 nitrogen and oxygen atoms in total. The fourth-order valence-electron chi connectivity index (χ4n) is 2.57. The Morgan fingerprint density at radius 1 is 1.50 bits per heavy atom. The van der Waals surface area contributed by atoms with Crippen LogP contribution in [0.4, 0.5) is 4.39 Å². The van der Waals surface area contributed by atoms with E-state index in [1.54, 1.807) is 18.2 Å². The average molecular weight is 224 g/mol. The van der Waals surface area contributed by atoms with E-state index in [1.807, 2.05) is 6.92 Å². The summed E-state index contributed by atoms with van der Waals surface area (Å²) in [7, 11) is 1.43. The summed E-state index contributed by atoms with van der Waals surface area (Å²) in [4.78, 5) is 0. The summed E-state index contributed by atoms with van der Waals surface area (Å²) < 4.78 is 19.0. The molecule has 2 atom stereocenters. The Balaban J connectivity index is 2.47. The molecule has 1 aliphatic rings. The average Bonchev–Trinajstić information content (AvgIpc) is 2.60. The van der Waals surface area contributed by atoms with Crippen LogP contribution in [0.15, 0.2) is 18.2 Å². The van der Waals surface area contributed by atoms with Gasteiger partial charge in [-0.25, -0.2) is 4.39 Å². The third kappa shape index (κ3) is 1.59. The first-order valence-corrected chi connectivity index (χ1v) is 5.65. The smallest absolute Gasteiger partial charge is 0.171 e. The van der Waals surface area contributed by atoms with Crippen molar-refractivity contribution in [3.05, 3.63) is 29.6 Å². The number of ether oxygens (including phenoxy) is 1. The van der Waals surface area contributed by atoms with E-state index >= 15 is 0 Å². The molecule has 0 spiro atoms. The molecule has 1 fully saturated rings. The lowest BCUT2D eigenvalue weighted by molar-refractivity contribution is 0.000839. The molecule has 16 heavy (non-hydrogen) atoms. The minimum Gasteiger partial charge on any atom is -0.494 e. The highest BCUT2D eigenvalue weighted by atomic mass is 19.1. The Bertz CT molecular complexity index is 392. The lowest BCUT2D eigenvalue weighted by Gasteiger charge is -2.29. The summed E-state index contributed by atoms with van der Waals surface area (Å²) >= 11 is 0. The van der Waals surface area contributed by atoms with Crippen molar-refractivity contribution in [2.45, 2.75) is 31.8 Å². The van der Waals surface area contributed by atoms with E-state index in [4.69, 9.17) is 4.74 Å². The second-order valence-corrected chi connectivity index (χ2v) is 4.54. The molecule has 1 aromatic rings. The van der Waals surface area contributed by atoms with Crippen LogP contribution in [0.2, 0.25) is 0 Å². The summed E-state index contributed by atoms with van der Waals surface area (Å²) in [6.07, 6.45) is 2.50. The number of hydrogen-bond acceptors (Lipinski definition) is 2. The fraction of sp³-hybridized carbons (Fsp3) is 0.538. The molecule has 0 radical (unpaired) electrons. The lowest BCUT2D eigenvalue weighted by Crippen LogP contribution is -2.29. The van der Waals surface area contributed by atoms with Gasteiger partial charge in [-0.15, -0.1) is 0 Å². The van der Waals surface area contributed by atoms with E-state index in [0.29, 0.717) is 12.0 Å². The van der Waals surface area contributed by atoms with Gasteiger partial charge in [0, 0.05) is 5.56 Å². The SMILES string of the molecule is COc1cccc(C2(O)CCCC2C)c1F. The minimum atomic E-state index is -1.03. The van der Waals surface area contributed by atoms with E-state index in [2.05, 4.69) is 0 Å². The Kier molecular flexibility index (Phi) is 2.89. The fourth-order valence-corrected chi connectivity index (χ4v) is 2.57. The Morgan fingerprint density at radius 3 is 2.81 bits per heavy atom. The maximum Gasteiger partial charge on any atom is 0.171 e. The van der Waals surface area contributed by atoms with Crippen molar-refractivity contribution in [2.75, 3.05) is 7.11 Å². The molecule has 0 aliphatic heterocycles. The van der Waals surface area contributed by atoms with E-state index in [9.17, 15) is 9.50 Å². The van der Waals surface area contributed by atoms with E-state index in [-0.39, 0.29) is 11.7 Å². The summed E-state index contributed by atoms with van der Waals surface area (Å²) in [6, 6.07) is 4.95.